The van der Waals surface area contributed by atoms with Gasteiger partial charge in [0.15, 0.2) is 0 Å². The van der Waals surface area contributed by atoms with Crippen LogP contribution in [0.15, 0.2) is 70.4 Å². The largest absolute Gasteiger partial charge is 0.368 e. The van der Waals surface area contributed by atoms with Crippen LogP contribution in [0.3, 0.4) is 0 Å². The molecule has 0 unspecified atom stereocenters. The van der Waals surface area contributed by atoms with Crippen molar-refractivity contribution in [2.45, 2.75) is 13.0 Å². The Labute approximate surface area is 197 Å². The van der Waals surface area contributed by atoms with E-state index in [-0.39, 0.29) is 11.5 Å². The van der Waals surface area contributed by atoms with E-state index in [4.69, 9.17) is 22.3 Å². The van der Waals surface area contributed by atoms with Gasteiger partial charge in [-0.25, -0.2) is 15.0 Å². The second kappa shape index (κ2) is 8.61. The predicted molar refractivity (Wildman–Crippen MR) is 132 cm³/mol. The average Bonchev–Trinajstić information content (AvgIpc) is 3.34. The minimum atomic E-state index is -0.423. The molecule has 3 N–H and O–H groups in total. The molecule has 0 saturated carbocycles. The normalized spacial score (nSPS) is 12.1. The molecule has 0 aliphatic carbocycles. The molecule has 0 amide bonds. The molecule has 8 nitrogen and oxygen atoms in total. The molecule has 3 aromatic heterocycles. The number of para-hydroxylation sites is 1. The molecule has 0 fully saturated rings. The summed E-state index contributed by atoms with van der Waals surface area (Å²) in [5.41, 5.74) is 9.99. The van der Waals surface area contributed by atoms with Crippen molar-refractivity contribution in [2.75, 3.05) is 11.1 Å². The first-order valence-corrected chi connectivity index (χ1v) is 11.4. The van der Waals surface area contributed by atoms with Gasteiger partial charge in [0.1, 0.15) is 11.6 Å². The summed E-state index contributed by atoms with van der Waals surface area (Å²) < 4.78 is 1.57. The predicted octanol–water partition coefficient (Wildman–Crippen LogP) is 4.71. The van der Waals surface area contributed by atoms with E-state index in [0.29, 0.717) is 38.8 Å². The van der Waals surface area contributed by atoms with Crippen molar-refractivity contribution in [1.29, 1.82) is 0 Å². The van der Waals surface area contributed by atoms with E-state index in [1.54, 1.807) is 34.5 Å². The van der Waals surface area contributed by atoms with E-state index in [2.05, 4.69) is 20.3 Å². The smallest absolute Gasteiger partial charge is 0.267 e. The second-order valence-electron chi connectivity index (χ2n) is 7.31. The second-order valence-corrected chi connectivity index (χ2v) is 8.44. The van der Waals surface area contributed by atoms with Crippen LogP contribution in [-0.2, 0) is 0 Å². The highest BCUT2D eigenvalue weighted by molar-refractivity contribution is 7.07. The van der Waals surface area contributed by atoms with Crippen molar-refractivity contribution in [3.05, 3.63) is 86.8 Å². The Balaban J connectivity index is 1.68. The van der Waals surface area contributed by atoms with Crippen LogP contribution >= 0.6 is 22.9 Å². The summed E-state index contributed by atoms with van der Waals surface area (Å²) in [5.74, 6) is 1.13. The van der Waals surface area contributed by atoms with E-state index in [9.17, 15) is 4.79 Å². The van der Waals surface area contributed by atoms with Crippen LogP contribution in [0.5, 0.6) is 0 Å². The van der Waals surface area contributed by atoms with Gasteiger partial charge < -0.3 is 11.1 Å². The van der Waals surface area contributed by atoms with Crippen molar-refractivity contribution in [2.24, 2.45) is 0 Å². The zero-order valence-electron chi connectivity index (χ0n) is 17.4. The Morgan fingerprint density at radius 2 is 1.91 bits per heavy atom. The van der Waals surface area contributed by atoms with Crippen LogP contribution in [-0.4, -0.2) is 24.5 Å². The molecule has 0 spiro atoms. The highest BCUT2D eigenvalue weighted by Crippen LogP contribution is 2.30. The molecular formula is C23H18ClN7OS. The lowest BCUT2D eigenvalue weighted by molar-refractivity contribution is 0.731. The topological polar surface area (TPSA) is 112 Å². The van der Waals surface area contributed by atoms with E-state index in [0.717, 1.165) is 5.69 Å². The third-order valence-electron chi connectivity index (χ3n) is 5.14. The number of thiazole rings is 1. The van der Waals surface area contributed by atoms with Crippen LogP contribution < -0.4 is 16.6 Å². The van der Waals surface area contributed by atoms with E-state index < -0.39 is 6.04 Å². The van der Waals surface area contributed by atoms with Gasteiger partial charge in [0.2, 0.25) is 5.95 Å². The maximum atomic E-state index is 13.6. The van der Waals surface area contributed by atoms with Crippen LogP contribution in [0.4, 0.5) is 11.8 Å². The number of nitrogens with zero attached hydrogens (tertiary/aromatic N) is 5. The SMILES string of the molecule is C[C@H](Nc1nc(N)ncc1-c1cscn1)c1nc2cccc(Cl)c2c(=O)n1-c1ccccc1. The standard InChI is InChI=1S/C23H18ClN7OS/c1-13(28-20-15(10-26-23(25)30-20)18-11-33-12-27-18)21-29-17-9-5-8-16(24)19(17)22(32)31(21)14-6-3-2-4-7-14/h2-13H,1H3,(H3,25,26,28,30)/t13-/m0/s1. The number of nitrogen functional groups attached to an aromatic ring is 1. The van der Waals surface area contributed by atoms with E-state index in [1.807, 2.05) is 42.6 Å². The number of benzene rings is 2. The fourth-order valence-corrected chi connectivity index (χ4v) is 4.43. The number of nitrogens with two attached hydrogens (primary N) is 1. The molecule has 10 heteroatoms. The molecule has 0 bridgehead atoms. The number of aromatic nitrogens is 5. The number of rotatable bonds is 5. The Hall–Kier alpha value is -3.82. The summed E-state index contributed by atoms with van der Waals surface area (Å²) in [5, 5.41) is 5.98. The molecule has 2 aromatic carbocycles. The summed E-state index contributed by atoms with van der Waals surface area (Å²) in [6, 6.07) is 14.1. The van der Waals surface area contributed by atoms with Crippen LogP contribution in [0.1, 0.15) is 18.8 Å². The van der Waals surface area contributed by atoms with Crippen molar-refractivity contribution in [3.8, 4) is 16.9 Å². The fourth-order valence-electron chi connectivity index (χ4n) is 3.63. The third-order valence-corrected chi connectivity index (χ3v) is 6.04. The van der Waals surface area contributed by atoms with E-state index in [1.165, 1.54) is 11.3 Å². The first-order chi connectivity index (χ1) is 16.0. The summed E-state index contributed by atoms with van der Waals surface area (Å²) >= 11 is 7.84. The molecule has 0 aliphatic rings. The van der Waals surface area contributed by atoms with Gasteiger partial charge in [0, 0.05) is 11.6 Å². The van der Waals surface area contributed by atoms with Crippen LogP contribution in [0, 0.1) is 0 Å². The molecule has 1 atom stereocenters. The fraction of sp³-hybridized carbons (Fsp3) is 0.0870. The van der Waals surface area contributed by atoms with Gasteiger partial charge in [0.05, 0.1) is 44.4 Å². The molecule has 0 saturated heterocycles. The zero-order valence-corrected chi connectivity index (χ0v) is 19.0. The van der Waals surface area contributed by atoms with Gasteiger partial charge in [-0.3, -0.25) is 9.36 Å². The summed E-state index contributed by atoms with van der Waals surface area (Å²) in [7, 11) is 0. The maximum absolute atomic E-state index is 13.6. The number of nitrogens with one attached hydrogen (secondary N) is 1. The lowest BCUT2D eigenvalue weighted by atomic mass is 10.2. The third kappa shape index (κ3) is 3.92. The van der Waals surface area contributed by atoms with Crippen molar-refractivity contribution >= 4 is 45.6 Å². The molecule has 5 aromatic rings. The molecule has 5 rings (SSSR count). The maximum Gasteiger partial charge on any atom is 0.267 e. The Bertz CT molecular complexity index is 1500. The molecule has 164 valence electrons. The van der Waals surface area contributed by atoms with Gasteiger partial charge in [-0.2, -0.15) is 4.98 Å². The first-order valence-electron chi connectivity index (χ1n) is 10.1. The minimum Gasteiger partial charge on any atom is -0.368 e. The van der Waals surface area contributed by atoms with Crippen molar-refractivity contribution < 1.29 is 0 Å². The Kier molecular flexibility index (Phi) is 5.49. The Morgan fingerprint density at radius 1 is 1.09 bits per heavy atom. The lowest BCUT2D eigenvalue weighted by Gasteiger charge is -2.21. The van der Waals surface area contributed by atoms with Crippen molar-refractivity contribution in [1.82, 2.24) is 24.5 Å². The highest BCUT2D eigenvalue weighted by Gasteiger charge is 2.21. The average molecular weight is 476 g/mol. The monoisotopic (exact) mass is 475 g/mol. The number of hydrogen-bond acceptors (Lipinski definition) is 8. The molecular weight excluding hydrogens is 458 g/mol. The van der Waals surface area contributed by atoms with Crippen LogP contribution in [0.25, 0.3) is 27.8 Å². The number of anilines is 2. The Morgan fingerprint density at radius 3 is 2.67 bits per heavy atom. The molecule has 0 radical (unpaired) electrons. The lowest BCUT2D eigenvalue weighted by Crippen LogP contribution is -2.27. The van der Waals surface area contributed by atoms with Gasteiger partial charge in [-0.05, 0) is 31.2 Å². The van der Waals surface area contributed by atoms with Gasteiger partial charge in [-0.15, -0.1) is 11.3 Å². The van der Waals surface area contributed by atoms with Crippen molar-refractivity contribution in [3.63, 3.8) is 0 Å². The summed E-state index contributed by atoms with van der Waals surface area (Å²) in [4.78, 5) is 31.3. The highest BCUT2D eigenvalue weighted by atomic mass is 35.5. The minimum absolute atomic E-state index is 0.127. The number of hydrogen-bond donors (Lipinski definition) is 2. The van der Waals surface area contributed by atoms with Crippen LogP contribution in [0.2, 0.25) is 5.02 Å². The number of halogens is 1. The molecule has 3 heterocycles. The zero-order chi connectivity index (χ0) is 22.9. The van der Waals surface area contributed by atoms with E-state index >= 15 is 0 Å². The van der Waals surface area contributed by atoms with Gasteiger partial charge in [0.25, 0.3) is 5.56 Å². The van der Waals surface area contributed by atoms with Gasteiger partial charge in [-0.1, -0.05) is 35.9 Å². The quantitative estimate of drug-likeness (QED) is 0.378. The first kappa shape index (κ1) is 21.0. The summed E-state index contributed by atoms with van der Waals surface area (Å²) in [6.45, 7) is 1.90. The van der Waals surface area contributed by atoms with Gasteiger partial charge >= 0.3 is 0 Å². The molecule has 33 heavy (non-hydrogen) atoms. The summed E-state index contributed by atoms with van der Waals surface area (Å²) in [6.07, 6.45) is 1.63. The molecule has 0 aliphatic heterocycles. The number of fused-ring (bicyclic) bond motifs is 1.